The number of carbonyl (C=O) groups is 3. The van der Waals surface area contributed by atoms with Crippen LogP contribution < -0.4 is 5.32 Å². The number of hydrogen-bond donors (Lipinski definition) is 2. The molecule has 0 spiro atoms. The Bertz CT molecular complexity index is 1480. The maximum Gasteiger partial charge on any atom is 0.407 e. The Morgan fingerprint density at radius 3 is 2.29 bits per heavy atom. The van der Waals surface area contributed by atoms with Crippen molar-refractivity contribution in [3.05, 3.63) is 83.7 Å². The van der Waals surface area contributed by atoms with E-state index in [2.05, 4.69) is 25.0 Å². The quantitative estimate of drug-likeness (QED) is 0.191. The Labute approximate surface area is 265 Å². The minimum atomic E-state index is -1.45. The molecule has 244 valence electrons. The number of halogens is 2. The molecule has 1 aromatic heterocycles. The summed E-state index contributed by atoms with van der Waals surface area (Å²) < 4.78 is 36.3. The molecule has 3 aromatic rings. The van der Waals surface area contributed by atoms with Gasteiger partial charge >= 0.3 is 12.1 Å². The van der Waals surface area contributed by atoms with Crippen LogP contribution in [0.3, 0.4) is 0 Å². The molecular formula is C34H45F2N3O5Si. The van der Waals surface area contributed by atoms with Gasteiger partial charge in [0.05, 0.1) is 12.6 Å². The van der Waals surface area contributed by atoms with Crippen LogP contribution in [0.15, 0.2) is 60.8 Å². The van der Waals surface area contributed by atoms with Crippen molar-refractivity contribution in [2.45, 2.75) is 78.4 Å². The van der Waals surface area contributed by atoms with Gasteiger partial charge in [-0.1, -0.05) is 70.7 Å². The number of carboxylic acids is 1. The molecule has 3 rings (SSSR count). The van der Waals surface area contributed by atoms with Crippen molar-refractivity contribution in [3.63, 3.8) is 0 Å². The molecule has 0 aliphatic heterocycles. The summed E-state index contributed by atoms with van der Waals surface area (Å²) in [6.45, 7) is 14.3. The summed E-state index contributed by atoms with van der Waals surface area (Å²) in [4.78, 5) is 39.4. The Hall–Kier alpha value is -3.99. The summed E-state index contributed by atoms with van der Waals surface area (Å²) in [5, 5.41) is 12.3. The first-order valence-electron chi connectivity index (χ1n) is 15.1. The normalized spacial score (nSPS) is 13.2. The third kappa shape index (κ3) is 10.3. The number of nitrogens with one attached hydrogen (secondary N) is 1. The van der Waals surface area contributed by atoms with Gasteiger partial charge in [-0.15, -0.1) is 0 Å². The molecule has 2 atom stereocenters. The van der Waals surface area contributed by atoms with Crippen molar-refractivity contribution in [3.8, 4) is 11.1 Å². The number of hydrogen-bond acceptors (Lipinski definition) is 4. The summed E-state index contributed by atoms with van der Waals surface area (Å²) in [5.74, 6) is -2.71. The molecule has 11 heteroatoms. The van der Waals surface area contributed by atoms with E-state index in [9.17, 15) is 28.3 Å². The van der Waals surface area contributed by atoms with Gasteiger partial charge in [-0.25, -0.2) is 18.4 Å². The zero-order valence-corrected chi connectivity index (χ0v) is 28.2. The second kappa shape index (κ2) is 14.9. The van der Waals surface area contributed by atoms with Crippen molar-refractivity contribution >= 4 is 26.0 Å². The second-order valence-corrected chi connectivity index (χ2v) is 19.3. The highest BCUT2D eigenvalue weighted by molar-refractivity contribution is 6.76. The average Bonchev–Trinajstić information content (AvgIpc) is 3.32. The fourth-order valence-electron chi connectivity index (χ4n) is 5.24. The molecule has 0 bridgehead atoms. The fraction of sp³-hybridized carbons (Fsp3) is 0.441. The van der Waals surface area contributed by atoms with Crippen LogP contribution in [0.1, 0.15) is 51.4 Å². The summed E-state index contributed by atoms with van der Waals surface area (Å²) >= 11 is 0. The van der Waals surface area contributed by atoms with Crippen LogP contribution in [0.25, 0.3) is 11.1 Å². The Kier molecular flexibility index (Phi) is 11.7. The highest BCUT2D eigenvalue weighted by Gasteiger charge is 2.37. The zero-order valence-electron chi connectivity index (χ0n) is 27.2. The van der Waals surface area contributed by atoms with Gasteiger partial charge in [-0.2, -0.15) is 0 Å². The van der Waals surface area contributed by atoms with E-state index in [1.54, 1.807) is 17.2 Å². The second-order valence-electron chi connectivity index (χ2n) is 13.6. The van der Waals surface area contributed by atoms with Gasteiger partial charge in [-0.3, -0.25) is 4.79 Å². The number of nitrogens with zero attached hydrogens (tertiary/aromatic N) is 2. The largest absolute Gasteiger partial charge is 0.480 e. The van der Waals surface area contributed by atoms with Gasteiger partial charge < -0.3 is 24.6 Å². The van der Waals surface area contributed by atoms with Crippen LogP contribution in [0.4, 0.5) is 13.6 Å². The van der Waals surface area contributed by atoms with Gasteiger partial charge in [-0.05, 0) is 47.7 Å². The fourth-order valence-corrected chi connectivity index (χ4v) is 5.95. The summed E-state index contributed by atoms with van der Waals surface area (Å²) in [5.41, 5.74) is 1.60. The Balaban J connectivity index is 1.98. The van der Waals surface area contributed by atoms with Crippen LogP contribution in [-0.4, -0.2) is 59.8 Å². The molecule has 8 nitrogen and oxygen atoms in total. The van der Waals surface area contributed by atoms with Crippen LogP contribution >= 0.6 is 0 Å². The number of rotatable bonds is 13. The standard InChI is InChI=1S/C34H45F2N3O5Si/c1-23(40)39(16-15-29(32(41)42)37-33(43)44-17-18-45(5,6)7)31(34(2,3)4)30-19-25(27-20-26(35)13-14-28(27)36)22-38(30)21-24-11-9-8-10-12-24/h8-14,19-20,22,29,31H,15-18,21H2,1-7H3,(H,37,43)(H,41,42). The van der Waals surface area contributed by atoms with Gasteiger partial charge in [0.25, 0.3) is 0 Å². The van der Waals surface area contributed by atoms with E-state index in [0.717, 1.165) is 29.8 Å². The number of aromatic nitrogens is 1. The van der Waals surface area contributed by atoms with Crippen LogP contribution in [0.5, 0.6) is 0 Å². The predicted octanol–water partition coefficient (Wildman–Crippen LogP) is 7.33. The lowest BCUT2D eigenvalue weighted by molar-refractivity contribution is -0.141. The topological polar surface area (TPSA) is 101 Å². The van der Waals surface area contributed by atoms with E-state index in [0.29, 0.717) is 17.8 Å². The predicted molar refractivity (Wildman–Crippen MR) is 174 cm³/mol. The molecular weight excluding hydrogens is 596 g/mol. The molecule has 2 amide bonds. The van der Waals surface area contributed by atoms with E-state index < -0.39 is 49.3 Å². The van der Waals surface area contributed by atoms with Crippen LogP contribution in [0.2, 0.25) is 25.7 Å². The number of aliphatic carboxylic acids is 1. The first kappa shape index (κ1) is 35.5. The molecule has 0 aliphatic rings. The van der Waals surface area contributed by atoms with Gasteiger partial charge in [0.15, 0.2) is 0 Å². The summed E-state index contributed by atoms with van der Waals surface area (Å²) in [6.07, 6.45) is 0.853. The molecule has 0 saturated carbocycles. The lowest BCUT2D eigenvalue weighted by atomic mass is 9.82. The summed E-state index contributed by atoms with van der Waals surface area (Å²) in [7, 11) is -1.45. The molecule has 2 N–H and O–H groups in total. The number of carbonyl (C=O) groups excluding carboxylic acids is 2. The van der Waals surface area contributed by atoms with Crippen LogP contribution in [0, 0.1) is 17.0 Å². The van der Waals surface area contributed by atoms with Gasteiger partial charge in [0, 0.05) is 51.1 Å². The third-order valence-electron chi connectivity index (χ3n) is 7.52. The minimum absolute atomic E-state index is 0.00357. The summed E-state index contributed by atoms with van der Waals surface area (Å²) in [6, 6.07) is 13.5. The molecule has 2 aromatic carbocycles. The molecule has 0 fully saturated rings. The van der Waals surface area contributed by atoms with Crippen molar-refractivity contribution < 1.29 is 33.0 Å². The number of alkyl carbamates (subject to hydrolysis) is 1. The van der Waals surface area contributed by atoms with Crippen molar-refractivity contribution in [1.29, 1.82) is 0 Å². The van der Waals surface area contributed by atoms with Gasteiger partial charge in [0.1, 0.15) is 17.7 Å². The Morgan fingerprint density at radius 2 is 1.71 bits per heavy atom. The molecule has 2 unspecified atom stereocenters. The van der Waals surface area contributed by atoms with Crippen molar-refractivity contribution in [1.82, 2.24) is 14.8 Å². The maximum atomic E-state index is 14.9. The van der Waals surface area contributed by atoms with E-state index in [-0.39, 0.29) is 31.0 Å². The van der Waals surface area contributed by atoms with E-state index in [1.165, 1.54) is 6.92 Å². The zero-order chi connectivity index (χ0) is 33.5. The lowest BCUT2D eigenvalue weighted by Gasteiger charge is -2.41. The highest BCUT2D eigenvalue weighted by Crippen LogP contribution is 2.41. The number of ether oxygens (including phenoxy) is 1. The molecule has 0 saturated heterocycles. The molecule has 45 heavy (non-hydrogen) atoms. The maximum absolute atomic E-state index is 14.9. The number of benzene rings is 2. The monoisotopic (exact) mass is 641 g/mol. The SMILES string of the molecule is CC(=O)N(CCC(NC(=O)OCC[Si](C)(C)C)C(=O)O)C(c1cc(-c2cc(F)ccc2F)cn1Cc1ccccc1)C(C)(C)C. The lowest BCUT2D eigenvalue weighted by Crippen LogP contribution is -2.46. The van der Waals surface area contributed by atoms with E-state index >= 15 is 0 Å². The van der Waals surface area contributed by atoms with Gasteiger partial charge in [0.2, 0.25) is 5.91 Å². The van der Waals surface area contributed by atoms with Crippen molar-refractivity contribution in [2.24, 2.45) is 5.41 Å². The Morgan fingerprint density at radius 1 is 1.04 bits per heavy atom. The van der Waals surface area contributed by atoms with Crippen LogP contribution in [-0.2, 0) is 20.9 Å². The van der Waals surface area contributed by atoms with Crippen molar-refractivity contribution in [2.75, 3.05) is 13.2 Å². The number of amides is 2. The first-order valence-corrected chi connectivity index (χ1v) is 18.8. The third-order valence-corrected chi connectivity index (χ3v) is 9.22. The first-order chi connectivity index (χ1) is 21.0. The molecule has 0 radical (unpaired) electrons. The smallest absolute Gasteiger partial charge is 0.407 e. The molecule has 1 heterocycles. The average molecular weight is 642 g/mol. The minimum Gasteiger partial charge on any atom is -0.480 e. The van der Waals surface area contributed by atoms with E-state index in [4.69, 9.17) is 4.74 Å². The number of carboxylic acid groups (broad SMARTS) is 1. The van der Waals surface area contributed by atoms with E-state index in [1.807, 2.05) is 55.7 Å². The molecule has 0 aliphatic carbocycles. The highest BCUT2D eigenvalue weighted by atomic mass is 28.3.